The number of aryl methyl sites for hydroxylation is 1. The molecule has 0 bridgehead atoms. The van der Waals surface area contributed by atoms with Crippen LogP contribution in [0.15, 0.2) is 29.3 Å². The predicted molar refractivity (Wildman–Crippen MR) is 144 cm³/mol. The average Bonchev–Trinajstić information content (AvgIpc) is 3.11. The van der Waals surface area contributed by atoms with Crippen LogP contribution in [0.4, 0.5) is 4.79 Å². The van der Waals surface area contributed by atoms with Gasteiger partial charge in [0.2, 0.25) is 11.8 Å². The van der Waals surface area contributed by atoms with Crippen LogP contribution in [0, 0.1) is 0 Å². The number of hydrogen-bond acceptors (Lipinski definition) is 8. The second kappa shape index (κ2) is 12.0. The predicted octanol–water partition coefficient (Wildman–Crippen LogP) is 1.53. The number of rotatable bonds is 8. The Kier molecular flexibility index (Phi) is 8.76. The number of piperidine rings is 1. The van der Waals surface area contributed by atoms with Crippen molar-refractivity contribution < 1.29 is 28.6 Å². The molecule has 12 heteroatoms. The van der Waals surface area contributed by atoms with E-state index < -0.39 is 23.6 Å². The van der Waals surface area contributed by atoms with E-state index in [-0.39, 0.29) is 24.1 Å². The van der Waals surface area contributed by atoms with Gasteiger partial charge in [-0.25, -0.2) is 9.59 Å². The first kappa shape index (κ1) is 28.4. The van der Waals surface area contributed by atoms with Crippen LogP contribution in [0.25, 0.3) is 17.1 Å². The van der Waals surface area contributed by atoms with E-state index in [4.69, 9.17) is 14.2 Å². The zero-order chi connectivity index (χ0) is 28.2. The molecule has 212 valence electrons. The number of alkyl carbamates (subject to hydrolysis) is 1. The first-order valence-corrected chi connectivity index (χ1v) is 13.2. The molecule has 3 amide bonds. The van der Waals surface area contributed by atoms with Crippen molar-refractivity contribution in [2.24, 2.45) is 7.05 Å². The van der Waals surface area contributed by atoms with Crippen LogP contribution >= 0.6 is 0 Å². The fourth-order valence-corrected chi connectivity index (χ4v) is 4.71. The van der Waals surface area contributed by atoms with Crippen molar-refractivity contribution in [3.05, 3.63) is 40.5 Å². The molecule has 39 heavy (non-hydrogen) atoms. The maximum absolute atomic E-state index is 12.9. The van der Waals surface area contributed by atoms with Crippen LogP contribution in [0.1, 0.15) is 45.2 Å². The third-order valence-electron chi connectivity index (χ3n) is 6.61. The Hall–Kier alpha value is -3.64. The molecule has 3 heterocycles. The van der Waals surface area contributed by atoms with E-state index in [1.54, 1.807) is 19.4 Å². The molecule has 2 fully saturated rings. The minimum atomic E-state index is -0.712. The number of fused-ring (bicyclic) bond motifs is 1. The molecule has 2 atom stereocenters. The Balaban J connectivity index is 1.27. The van der Waals surface area contributed by atoms with Crippen LogP contribution < -0.4 is 16.3 Å². The van der Waals surface area contributed by atoms with E-state index in [1.807, 2.05) is 39.0 Å². The summed E-state index contributed by atoms with van der Waals surface area (Å²) >= 11 is 0. The van der Waals surface area contributed by atoms with Gasteiger partial charge in [-0.1, -0.05) is 6.07 Å². The molecule has 0 aliphatic carbocycles. The molecular weight excluding hydrogens is 506 g/mol. The van der Waals surface area contributed by atoms with Crippen LogP contribution in [-0.2, 0) is 30.8 Å². The Morgan fingerprint density at radius 2 is 2.03 bits per heavy atom. The maximum Gasteiger partial charge on any atom is 0.407 e. The summed E-state index contributed by atoms with van der Waals surface area (Å²) in [6.07, 6.45) is 3.36. The molecule has 1 aromatic carbocycles. The number of aromatic nitrogens is 2. The highest BCUT2D eigenvalue weighted by Gasteiger charge is 2.31. The fraction of sp³-hybridized carbons (Fsp3) is 0.556. The molecule has 0 radical (unpaired) electrons. The Morgan fingerprint density at radius 3 is 2.77 bits per heavy atom. The van der Waals surface area contributed by atoms with Crippen LogP contribution in [-0.4, -0.2) is 83.0 Å². The number of imide groups is 1. The Labute approximate surface area is 226 Å². The number of morpholine rings is 1. The molecule has 1 unspecified atom stereocenters. The first-order valence-electron chi connectivity index (χ1n) is 13.2. The number of imidazole rings is 1. The van der Waals surface area contributed by atoms with Gasteiger partial charge in [-0.3, -0.25) is 28.9 Å². The topological polar surface area (TPSA) is 133 Å². The normalized spacial score (nSPS) is 20.8. The summed E-state index contributed by atoms with van der Waals surface area (Å²) in [5.41, 5.74) is 1.32. The molecule has 0 saturated carbocycles. The molecule has 1 aromatic heterocycles. The van der Waals surface area contributed by atoms with E-state index in [1.165, 1.54) is 9.13 Å². The molecule has 4 rings (SSSR count). The summed E-state index contributed by atoms with van der Waals surface area (Å²) in [5.74, 6) is -0.773. The van der Waals surface area contributed by atoms with Crippen molar-refractivity contribution in [2.45, 2.75) is 51.4 Å². The molecule has 2 saturated heterocycles. The van der Waals surface area contributed by atoms with Crippen LogP contribution in [0.5, 0.6) is 0 Å². The fourth-order valence-electron chi connectivity index (χ4n) is 4.71. The number of nitrogens with one attached hydrogen (secondary N) is 2. The van der Waals surface area contributed by atoms with Gasteiger partial charge in [-0.2, -0.15) is 0 Å². The molecule has 2 aliphatic rings. The lowest BCUT2D eigenvalue weighted by Crippen LogP contribution is -2.48. The van der Waals surface area contributed by atoms with E-state index in [0.29, 0.717) is 50.3 Å². The van der Waals surface area contributed by atoms with Gasteiger partial charge < -0.3 is 19.5 Å². The van der Waals surface area contributed by atoms with E-state index in [2.05, 4.69) is 15.5 Å². The van der Waals surface area contributed by atoms with Gasteiger partial charge in [-0.15, -0.1) is 0 Å². The smallest absolute Gasteiger partial charge is 0.407 e. The minimum Gasteiger partial charge on any atom is -0.500 e. The van der Waals surface area contributed by atoms with Gasteiger partial charge in [0.25, 0.3) is 0 Å². The summed E-state index contributed by atoms with van der Waals surface area (Å²) in [6, 6.07) is 4.81. The third kappa shape index (κ3) is 7.27. The van der Waals surface area contributed by atoms with Crippen molar-refractivity contribution in [3.8, 4) is 0 Å². The number of ether oxygens (including phenoxy) is 3. The first-order chi connectivity index (χ1) is 18.5. The molecule has 12 nitrogen and oxygen atoms in total. The Bertz CT molecular complexity index is 1310. The number of hydrogen-bond donors (Lipinski definition) is 2. The zero-order valence-corrected chi connectivity index (χ0v) is 22.9. The van der Waals surface area contributed by atoms with Gasteiger partial charge in [-0.05, 0) is 51.0 Å². The highest BCUT2D eigenvalue weighted by Crippen LogP contribution is 2.24. The van der Waals surface area contributed by atoms with Crippen LogP contribution in [0.3, 0.4) is 0 Å². The molecular formula is C27H37N5O7. The second-order valence-electron chi connectivity index (χ2n) is 10.8. The number of benzene rings is 1. The average molecular weight is 544 g/mol. The molecule has 0 spiro atoms. The molecule has 2 aliphatic heterocycles. The highest BCUT2D eigenvalue weighted by molar-refractivity contribution is 6.00. The van der Waals surface area contributed by atoms with Crippen molar-refractivity contribution in [1.29, 1.82) is 0 Å². The minimum absolute atomic E-state index is 0.118. The summed E-state index contributed by atoms with van der Waals surface area (Å²) in [7, 11) is 1.66. The maximum atomic E-state index is 12.9. The standard InChI is InChI=1S/C27H37N5O7/c1-27(2,3)39-25(35)28-16-19-17-31(11-14-38-19)10-13-37-12-9-18-5-6-20-22(15-18)30(4)26(36)32(20)21-7-8-23(33)29-24(21)34/h5-6,9,12,15,19,21H,7-8,10-11,13-14,16-17H2,1-4H3,(H,28,35)(H,29,33,34)/b12-9+/t19-,21?/m0/s1. The van der Waals surface area contributed by atoms with Gasteiger partial charge in [0, 0.05) is 39.6 Å². The van der Waals surface area contributed by atoms with Gasteiger partial charge in [0.05, 0.1) is 36.6 Å². The van der Waals surface area contributed by atoms with E-state index in [0.717, 1.165) is 12.1 Å². The quantitative estimate of drug-likeness (QED) is 0.291. The number of carbonyl (C=O) groups excluding carboxylic acids is 3. The van der Waals surface area contributed by atoms with Gasteiger partial charge in [0.1, 0.15) is 11.6 Å². The largest absolute Gasteiger partial charge is 0.500 e. The van der Waals surface area contributed by atoms with Crippen molar-refractivity contribution in [1.82, 2.24) is 24.7 Å². The number of nitrogens with zero attached hydrogens (tertiary/aromatic N) is 3. The number of carbonyl (C=O) groups is 3. The second-order valence-corrected chi connectivity index (χ2v) is 10.8. The summed E-state index contributed by atoms with van der Waals surface area (Å²) < 4.78 is 19.7. The summed E-state index contributed by atoms with van der Waals surface area (Å²) in [5, 5.41) is 5.07. The summed E-state index contributed by atoms with van der Waals surface area (Å²) in [6.45, 7) is 9.07. The monoisotopic (exact) mass is 543 g/mol. The third-order valence-corrected chi connectivity index (χ3v) is 6.61. The summed E-state index contributed by atoms with van der Waals surface area (Å²) in [4.78, 5) is 50.9. The number of amides is 3. The lowest BCUT2D eigenvalue weighted by molar-refractivity contribution is -0.135. The lowest BCUT2D eigenvalue weighted by Gasteiger charge is -2.32. The Morgan fingerprint density at radius 1 is 1.23 bits per heavy atom. The van der Waals surface area contributed by atoms with E-state index in [9.17, 15) is 19.2 Å². The van der Waals surface area contributed by atoms with Gasteiger partial charge >= 0.3 is 11.8 Å². The molecule has 2 aromatic rings. The van der Waals surface area contributed by atoms with E-state index >= 15 is 0 Å². The molecule has 2 N–H and O–H groups in total. The SMILES string of the molecule is Cn1c(=O)n(C2CCC(=O)NC2=O)c2ccc(/C=C/OCCN3CCO[C@@H](CNC(=O)OC(C)(C)C)C3)cc21. The lowest BCUT2D eigenvalue weighted by atomic mass is 10.1. The highest BCUT2D eigenvalue weighted by atomic mass is 16.6. The van der Waals surface area contributed by atoms with Crippen molar-refractivity contribution in [3.63, 3.8) is 0 Å². The van der Waals surface area contributed by atoms with Crippen molar-refractivity contribution in [2.75, 3.05) is 39.4 Å². The van der Waals surface area contributed by atoms with Crippen molar-refractivity contribution >= 4 is 35.0 Å². The zero-order valence-electron chi connectivity index (χ0n) is 22.9. The van der Waals surface area contributed by atoms with Gasteiger partial charge in [0.15, 0.2) is 0 Å². The van der Waals surface area contributed by atoms with Crippen LogP contribution in [0.2, 0.25) is 0 Å².